The maximum absolute atomic E-state index is 14.2. The molecular formula is C18H19FN2O3. The number of halogens is 1. The van der Waals surface area contributed by atoms with E-state index in [9.17, 15) is 14.3 Å². The van der Waals surface area contributed by atoms with Gasteiger partial charge in [-0.25, -0.2) is 9.37 Å². The number of aromatic nitrogens is 1. The topological polar surface area (TPSA) is 62.7 Å². The summed E-state index contributed by atoms with van der Waals surface area (Å²) in [6.07, 6.45) is 1.73. The molecule has 3 rings (SSSR count). The van der Waals surface area contributed by atoms with Crippen molar-refractivity contribution in [1.82, 2.24) is 9.88 Å². The molecule has 1 aromatic carbocycles. The predicted molar refractivity (Wildman–Crippen MR) is 86.3 cm³/mol. The molecule has 0 radical (unpaired) electrons. The van der Waals surface area contributed by atoms with Gasteiger partial charge >= 0.3 is 0 Å². The minimum absolute atomic E-state index is 0.0265. The number of aryl methyl sites for hydroxylation is 1. The number of rotatable bonds is 3. The molecule has 1 aromatic heterocycles. The van der Waals surface area contributed by atoms with Crippen molar-refractivity contribution in [2.75, 3.05) is 20.2 Å². The van der Waals surface area contributed by atoms with Crippen LogP contribution < -0.4 is 4.74 Å². The molecule has 1 saturated heterocycles. The van der Waals surface area contributed by atoms with Crippen molar-refractivity contribution in [3.05, 3.63) is 59.2 Å². The van der Waals surface area contributed by atoms with Crippen molar-refractivity contribution >= 4 is 5.91 Å². The molecule has 1 N–H and O–H groups in total. The first-order valence-electron chi connectivity index (χ1n) is 7.72. The molecule has 24 heavy (non-hydrogen) atoms. The van der Waals surface area contributed by atoms with E-state index in [-0.39, 0.29) is 18.0 Å². The largest absolute Gasteiger partial charge is 0.494 e. The lowest BCUT2D eigenvalue weighted by atomic mass is 9.92. The molecule has 1 aliphatic heterocycles. The predicted octanol–water partition coefficient (Wildman–Crippen LogP) is 2.27. The maximum Gasteiger partial charge on any atom is 0.275 e. The molecule has 1 amide bonds. The maximum atomic E-state index is 14.2. The summed E-state index contributed by atoms with van der Waals surface area (Å²) in [6.45, 7) is 2.41. The van der Waals surface area contributed by atoms with E-state index in [2.05, 4.69) is 4.98 Å². The molecule has 1 fully saturated rings. The van der Waals surface area contributed by atoms with E-state index in [1.807, 2.05) is 31.2 Å². The normalized spacial score (nSPS) is 20.2. The smallest absolute Gasteiger partial charge is 0.275 e. The zero-order valence-corrected chi connectivity index (χ0v) is 13.6. The number of methoxy groups -OCH3 is 1. The first-order valence-corrected chi connectivity index (χ1v) is 7.72. The lowest BCUT2D eigenvalue weighted by Gasteiger charge is -2.24. The Morgan fingerprint density at radius 2 is 2.04 bits per heavy atom. The van der Waals surface area contributed by atoms with E-state index in [4.69, 9.17) is 4.74 Å². The Morgan fingerprint density at radius 1 is 1.33 bits per heavy atom. The van der Waals surface area contributed by atoms with E-state index in [1.54, 1.807) is 0 Å². The zero-order valence-electron chi connectivity index (χ0n) is 13.6. The van der Waals surface area contributed by atoms with Crippen LogP contribution in [0.25, 0.3) is 0 Å². The van der Waals surface area contributed by atoms with Crippen LogP contribution in [0.3, 0.4) is 0 Å². The summed E-state index contributed by atoms with van der Waals surface area (Å²) in [7, 11) is 1.33. The number of pyridine rings is 1. The number of hydrogen-bond acceptors (Lipinski definition) is 4. The van der Waals surface area contributed by atoms with Crippen LogP contribution in [-0.4, -0.2) is 41.1 Å². The van der Waals surface area contributed by atoms with E-state index in [1.165, 1.54) is 24.3 Å². The zero-order chi connectivity index (χ0) is 17.3. The molecule has 2 aromatic rings. The fourth-order valence-corrected chi connectivity index (χ4v) is 2.95. The Bertz CT molecular complexity index is 763. The van der Waals surface area contributed by atoms with Crippen LogP contribution in [0, 0.1) is 12.7 Å². The van der Waals surface area contributed by atoms with Crippen molar-refractivity contribution < 1.29 is 19.0 Å². The lowest BCUT2D eigenvalue weighted by molar-refractivity contribution is 0.0413. The molecule has 1 atom stereocenters. The Labute approximate surface area is 139 Å². The second-order valence-electron chi connectivity index (χ2n) is 6.05. The second-order valence-corrected chi connectivity index (χ2v) is 6.05. The molecule has 1 aliphatic rings. The quantitative estimate of drug-likeness (QED) is 0.938. The summed E-state index contributed by atoms with van der Waals surface area (Å²) in [5.74, 6) is -1.36. The summed E-state index contributed by atoms with van der Waals surface area (Å²) in [5, 5.41) is 10.9. The highest BCUT2D eigenvalue weighted by atomic mass is 19.1. The standard InChI is InChI=1S/C18H19FN2O3/c1-12-3-5-13(6-4-12)18(23)8-10-21(11-18)17(22)16-15(19)14(24-2)7-9-20-16/h3-7,9,23H,8,10-11H2,1-2H3. The molecule has 5 nitrogen and oxygen atoms in total. The van der Waals surface area contributed by atoms with Gasteiger partial charge in [-0.15, -0.1) is 0 Å². The number of carbonyl (C=O) groups excluding carboxylic acids is 1. The van der Waals surface area contributed by atoms with Gasteiger partial charge in [-0.05, 0) is 18.9 Å². The minimum atomic E-state index is -1.13. The third-order valence-electron chi connectivity index (χ3n) is 4.40. The SMILES string of the molecule is COc1ccnc(C(=O)N2CCC(O)(c3ccc(C)cc3)C2)c1F. The number of ether oxygens (including phenoxy) is 1. The Balaban J connectivity index is 1.83. The van der Waals surface area contributed by atoms with Gasteiger partial charge in [-0.3, -0.25) is 4.79 Å². The number of hydrogen-bond donors (Lipinski definition) is 1. The van der Waals surface area contributed by atoms with Gasteiger partial charge in [0, 0.05) is 18.8 Å². The lowest BCUT2D eigenvalue weighted by Crippen LogP contribution is -2.35. The number of nitrogens with zero attached hydrogens (tertiary/aromatic N) is 2. The van der Waals surface area contributed by atoms with E-state index >= 15 is 0 Å². The number of amides is 1. The Morgan fingerprint density at radius 3 is 2.71 bits per heavy atom. The molecule has 0 aliphatic carbocycles. The highest BCUT2D eigenvalue weighted by Gasteiger charge is 2.40. The van der Waals surface area contributed by atoms with Crippen LogP contribution >= 0.6 is 0 Å². The van der Waals surface area contributed by atoms with Gasteiger partial charge in [0.05, 0.1) is 13.7 Å². The van der Waals surface area contributed by atoms with Crippen molar-refractivity contribution in [3.63, 3.8) is 0 Å². The molecular weight excluding hydrogens is 311 g/mol. The van der Waals surface area contributed by atoms with Gasteiger partial charge < -0.3 is 14.7 Å². The number of carbonyl (C=O) groups is 1. The molecule has 6 heteroatoms. The summed E-state index contributed by atoms with van der Waals surface area (Å²) in [4.78, 5) is 17.8. The summed E-state index contributed by atoms with van der Waals surface area (Å²) in [6, 6.07) is 8.91. The fraction of sp³-hybridized carbons (Fsp3) is 0.333. The van der Waals surface area contributed by atoms with Gasteiger partial charge in [-0.2, -0.15) is 0 Å². The van der Waals surface area contributed by atoms with Crippen LogP contribution in [0.2, 0.25) is 0 Å². The first kappa shape index (κ1) is 16.4. The van der Waals surface area contributed by atoms with Gasteiger partial charge in [-0.1, -0.05) is 29.8 Å². The minimum Gasteiger partial charge on any atom is -0.494 e. The van der Waals surface area contributed by atoms with Crippen molar-refractivity contribution in [2.45, 2.75) is 18.9 Å². The van der Waals surface area contributed by atoms with E-state index in [0.29, 0.717) is 13.0 Å². The average molecular weight is 330 g/mol. The van der Waals surface area contributed by atoms with Crippen LogP contribution in [0.15, 0.2) is 36.5 Å². The molecule has 0 spiro atoms. The van der Waals surface area contributed by atoms with Crippen LogP contribution in [0.5, 0.6) is 5.75 Å². The highest BCUT2D eigenvalue weighted by molar-refractivity contribution is 5.93. The summed E-state index contributed by atoms with van der Waals surface area (Å²) in [5.41, 5.74) is 0.430. The molecule has 1 unspecified atom stereocenters. The second kappa shape index (κ2) is 6.20. The summed E-state index contributed by atoms with van der Waals surface area (Å²) < 4.78 is 19.1. The van der Waals surface area contributed by atoms with Gasteiger partial charge in [0.1, 0.15) is 5.60 Å². The van der Waals surface area contributed by atoms with Crippen molar-refractivity contribution in [2.24, 2.45) is 0 Å². The first-order chi connectivity index (χ1) is 11.4. The third kappa shape index (κ3) is 2.85. The van der Waals surface area contributed by atoms with Crippen molar-refractivity contribution in [1.29, 1.82) is 0 Å². The number of benzene rings is 1. The molecule has 126 valence electrons. The van der Waals surface area contributed by atoms with Crippen LogP contribution in [-0.2, 0) is 5.60 Å². The van der Waals surface area contributed by atoms with Crippen molar-refractivity contribution in [3.8, 4) is 5.75 Å². The highest BCUT2D eigenvalue weighted by Crippen LogP contribution is 2.33. The number of aliphatic hydroxyl groups is 1. The molecule has 2 heterocycles. The van der Waals surface area contributed by atoms with E-state index < -0.39 is 17.3 Å². The molecule has 0 saturated carbocycles. The molecule has 0 bridgehead atoms. The third-order valence-corrected chi connectivity index (χ3v) is 4.40. The average Bonchev–Trinajstić information content (AvgIpc) is 2.98. The number of β-amino-alcohol motifs (C(OH)–C–C–N with tert-alkyl or cyclic N) is 1. The number of likely N-dealkylation sites (tertiary alicyclic amines) is 1. The Kier molecular flexibility index (Phi) is 4.24. The van der Waals surface area contributed by atoms with Crippen LogP contribution in [0.1, 0.15) is 28.0 Å². The van der Waals surface area contributed by atoms with Crippen LogP contribution in [0.4, 0.5) is 4.39 Å². The van der Waals surface area contributed by atoms with Gasteiger partial charge in [0.15, 0.2) is 17.3 Å². The Hall–Kier alpha value is -2.47. The van der Waals surface area contributed by atoms with Gasteiger partial charge in [0.2, 0.25) is 0 Å². The fourth-order valence-electron chi connectivity index (χ4n) is 2.95. The summed E-state index contributed by atoms with van der Waals surface area (Å²) >= 11 is 0. The monoisotopic (exact) mass is 330 g/mol. The van der Waals surface area contributed by atoms with E-state index in [0.717, 1.165) is 11.1 Å². The van der Waals surface area contributed by atoms with Gasteiger partial charge in [0.25, 0.3) is 5.91 Å².